The van der Waals surface area contributed by atoms with E-state index in [0.717, 1.165) is 24.3 Å². The molecule has 0 amide bonds. The summed E-state index contributed by atoms with van der Waals surface area (Å²) in [6.45, 7) is 2.12. The van der Waals surface area contributed by atoms with Crippen LogP contribution in [0.1, 0.15) is 19.1 Å². The van der Waals surface area contributed by atoms with Gasteiger partial charge in [-0.25, -0.2) is 0 Å². The second kappa shape index (κ2) is 6.17. The maximum Gasteiger partial charge on any atom is 0.103 e. The predicted molar refractivity (Wildman–Crippen MR) is 76.6 cm³/mol. The maximum absolute atomic E-state index is 6.11. The molecule has 0 bridgehead atoms. The fourth-order valence-corrected chi connectivity index (χ4v) is 2.22. The Kier molecular flexibility index (Phi) is 4.56. The van der Waals surface area contributed by atoms with E-state index in [0.29, 0.717) is 16.1 Å². The van der Waals surface area contributed by atoms with Crippen LogP contribution in [0.2, 0.25) is 10.0 Å². The molecule has 1 N–H and O–H groups in total. The zero-order valence-corrected chi connectivity index (χ0v) is 11.6. The first-order valence-corrected chi connectivity index (χ1v) is 6.64. The minimum atomic E-state index is 0.314. The zero-order valence-electron chi connectivity index (χ0n) is 10.1. The number of hydrogen-bond donors (Lipinski definition) is 1. The van der Waals surface area contributed by atoms with Gasteiger partial charge in [-0.05, 0) is 43.7 Å². The number of hydrogen-bond acceptors (Lipinski definition) is 2. The summed E-state index contributed by atoms with van der Waals surface area (Å²) in [6.07, 6.45) is 3.59. The van der Waals surface area contributed by atoms with Crippen LogP contribution in [0.4, 0.5) is 5.69 Å². The standard InChI is InChI=1S/C14H15Cl2NO/c1-10(4-6-12-3-2-8-18-12)17-14-7-5-11(15)9-13(14)16/h2-3,5,7-10,17H,4,6H2,1H3. The van der Waals surface area contributed by atoms with Crippen molar-refractivity contribution < 1.29 is 4.42 Å². The fraction of sp³-hybridized carbons (Fsp3) is 0.286. The van der Waals surface area contributed by atoms with Gasteiger partial charge in [-0.2, -0.15) is 0 Å². The van der Waals surface area contributed by atoms with Crippen LogP contribution in [0.5, 0.6) is 0 Å². The molecule has 1 atom stereocenters. The van der Waals surface area contributed by atoms with Gasteiger partial charge in [0, 0.05) is 17.5 Å². The van der Waals surface area contributed by atoms with E-state index in [1.165, 1.54) is 0 Å². The summed E-state index contributed by atoms with van der Waals surface area (Å²) in [5.74, 6) is 1.01. The summed E-state index contributed by atoms with van der Waals surface area (Å²) in [5.41, 5.74) is 0.910. The third kappa shape index (κ3) is 3.69. The van der Waals surface area contributed by atoms with Gasteiger partial charge in [0.05, 0.1) is 17.0 Å². The molecule has 1 aromatic heterocycles. The first kappa shape index (κ1) is 13.3. The molecule has 0 aliphatic carbocycles. The van der Waals surface area contributed by atoms with Crippen LogP contribution >= 0.6 is 23.2 Å². The lowest BCUT2D eigenvalue weighted by molar-refractivity contribution is 0.495. The third-order valence-corrected chi connectivity index (χ3v) is 3.28. The highest BCUT2D eigenvalue weighted by Gasteiger charge is 2.07. The molecule has 2 rings (SSSR count). The molecule has 96 valence electrons. The van der Waals surface area contributed by atoms with E-state index in [1.54, 1.807) is 12.3 Å². The monoisotopic (exact) mass is 283 g/mol. The molecule has 1 aromatic carbocycles. The fourth-order valence-electron chi connectivity index (χ4n) is 1.76. The quantitative estimate of drug-likeness (QED) is 0.834. The predicted octanol–water partition coefficient (Wildman–Crippen LogP) is 5.02. The number of halogens is 2. The summed E-state index contributed by atoms with van der Waals surface area (Å²) in [5, 5.41) is 4.66. The number of benzene rings is 1. The lowest BCUT2D eigenvalue weighted by Gasteiger charge is -2.15. The van der Waals surface area contributed by atoms with E-state index in [1.807, 2.05) is 24.3 Å². The average molecular weight is 284 g/mol. The average Bonchev–Trinajstić information content (AvgIpc) is 2.83. The van der Waals surface area contributed by atoms with Crippen molar-refractivity contribution in [2.45, 2.75) is 25.8 Å². The summed E-state index contributed by atoms with van der Waals surface area (Å²) in [4.78, 5) is 0. The Labute approximate surface area is 117 Å². The van der Waals surface area contributed by atoms with E-state index >= 15 is 0 Å². The molecule has 0 saturated heterocycles. The Bertz CT molecular complexity index is 497. The van der Waals surface area contributed by atoms with Gasteiger partial charge in [0.2, 0.25) is 0 Å². The van der Waals surface area contributed by atoms with Crippen molar-refractivity contribution >= 4 is 28.9 Å². The maximum atomic E-state index is 6.11. The topological polar surface area (TPSA) is 25.2 Å². The molecule has 1 heterocycles. The molecular weight excluding hydrogens is 269 g/mol. The van der Waals surface area contributed by atoms with Crippen molar-refractivity contribution in [1.82, 2.24) is 0 Å². The van der Waals surface area contributed by atoms with Crippen LogP contribution in [-0.4, -0.2) is 6.04 Å². The van der Waals surface area contributed by atoms with E-state index in [2.05, 4.69) is 12.2 Å². The minimum absolute atomic E-state index is 0.314. The lowest BCUT2D eigenvalue weighted by atomic mass is 10.1. The zero-order chi connectivity index (χ0) is 13.0. The molecule has 2 nitrogen and oxygen atoms in total. The van der Waals surface area contributed by atoms with Crippen molar-refractivity contribution in [3.8, 4) is 0 Å². The second-order valence-corrected chi connectivity index (χ2v) is 5.13. The van der Waals surface area contributed by atoms with E-state index in [9.17, 15) is 0 Å². The molecule has 0 aliphatic rings. The van der Waals surface area contributed by atoms with Gasteiger partial charge in [-0.3, -0.25) is 0 Å². The number of furan rings is 1. The lowest BCUT2D eigenvalue weighted by Crippen LogP contribution is -2.16. The van der Waals surface area contributed by atoms with Gasteiger partial charge >= 0.3 is 0 Å². The number of aryl methyl sites for hydroxylation is 1. The van der Waals surface area contributed by atoms with Gasteiger partial charge in [0.25, 0.3) is 0 Å². The SMILES string of the molecule is CC(CCc1ccco1)Nc1ccc(Cl)cc1Cl. The normalized spacial score (nSPS) is 12.4. The number of anilines is 1. The van der Waals surface area contributed by atoms with Crippen molar-refractivity contribution in [2.24, 2.45) is 0 Å². The largest absolute Gasteiger partial charge is 0.469 e. The second-order valence-electron chi connectivity index (χ2n) is 4.29. The van der Waals surface area contributed by atoms with Crippen molar-refractivity contribution in [2.75, 3.05) is 5.32 Å². The molecule has 2 aromatic rings. The van der Waals surface area contributed by atoms with Crippen molar-refractivity contribution in [1.29, 1.82) is 0 Å². The van der Waals surface area contributed by atoms with Crippen molar-refractivity contribution in [3.63, 3.8) is 0 Å². The van der Waals surface area contributed by atoms with Crippen LogP contribution in [0.15, 0.2) is 41.0 Å². The van der Waals surface area contributed by atoms with Gasteiger partial charge < -0.3 is 9.73 Å². The smallest absolute Gasteiger partial charge is 0.103 e. The Morgan fingerprint density at radius 3 is 2.78 bits per heavy atom. The summed E-state index contributed by atoms with van der Waals surface area (Å²) >= 11 is 12.0. The molecule has 18 heavy (non-hydrogen) atoms. The molecular formula is C14H15Cl2NO. The Morgan fingerprint density at radius 2 is 2.11 bits per heavy atom. The Balaban J connectivity index is 1.88. The number of rotatable bonds is 5. The van der Waals surface area contributed by atoms with Gasteiger partial charge in [0.1, 0.15) is 5.76 Å². The third-order valence-electron chi connectivity index (χ3n) is 2.74. The Morgan fingerprint density at radius 1 is 1.28 bits per heavy atom. The van der Waals surface area contributed by atoms with Crippen molar-refractivity contribution in [3.05, 3.63) is 52.4 Å². The first-order chi connectivity index (χ1) is 8.65. The van der Waals surface area contributed by atoms with E-state index < -0.39 is 0 Å². The van der Waals surface area contributed by atoms with Crippen LogP contribution in [0, 0.1) is 0 Å². The van der Waals surface area contributed by atoms with Crippen LogP contribution in [0.3, 0.4) is 0 Å². The highest BCUT2D eigenvalue weighted by molar-refractivity contribution is 6.36. The molecule has 0 saturated carbocycles. The minimum Gasteiger partial charge on any atom is -0.469 e. The molecule has 4 heteroatoms. The van der Waals surface area contributed by atoms with Gasteiger partial charge in [-0.15, -0.1) is 0 Å². The summed E-state index contributed by atoms with van der Waals surface area (Å²) in [7, 11) is 0. The molecule has 1 unspecified atom stereocenters. The summed E-state index contributed by atoms with van der Waals surface area (Å²) in [6, 6.07) is 9.67. The van der Waals surface area contributed by atoms with Crippen LogP contribution in [-0.2, 0) is 6.42 Å². The number of nitrogens with one attached hydrogen (secondary N) is 1. The molecule has 0 aliphatic heterocycles. The highest BCUT2D eigenvalue weighted by Crippen LogP contribution is 2.26. The molecule has 0 spiro atoms. The Hall–Kier alpha value is -1.12. The first-order valence-electron chi connectivity index (χ1n) is 5.89. The van der Waals surface area contributed by atoms with Crippen LogP contribution in [0.25, 0.3) is 0 Å². The van der Waals surface area contributed by atoms with Gasteiger partial charge in [-0.1, -0.05) is 23.2 Å². The van der Waals surface area contributed by atoms with Crippen LogP contribution < -0.4 is 5.32 Å². The molecule has 0 fully saturated rings. The summed E-state index contributed by atoms with van der Waals surface area (Å²) < 4.78 is 5.30. The van der Waals surface area contributed by atoms with Gasteiger partial charge in [0.15, 0.2) is 0 Å². The molecule has 0 radical (unpaired) electrons. The van der Waals surface area contributed by atoms with E-state index in [-0.39, 0.29) is 0 Å². The van der Waals surface area contributed by atoms with E-state index in [4.69, 9.17) is 27.6 Å². The highest BCUT2D eigenvalue weighted by atomic mass is 35.5.